The topological polar surface area (TPSA) is 162 Å². The molecule has 0 saturated carbocycles. The maximum atomic E-state index is 12.8. The number of nitro benzene ring substituents is 1. The van der Waals surface area contributed by atoms with Gasteiger partial charge >= 0.3 is 10.1 Å². The maximum absolute atomic E-state index is 12.8. The van der Waals surface area contributed by atoms with Crippen LogP contribution < -0.4 is 14.2 Å². The minimum absolute atomic E-state index is 0.0453. The summed E-state index contributed by atoms with van der Waals surface area (Å²) in [5.41, 5.74) is 1.00. The summed E-state index contributed by atoms with van der Waals surface area (Å²) in [4.78, 5) is 26.9. The van der Waals surface area contributed by atoms with E-state index in [-0.39, 0.29) is 17.1 Å². The van der Waals surface area contributed by atoms with E-state index >= 15 is 0 Å². The molecule has 0 atom stereocenters. The Morgan fingerprint density at radius 2 is 1.82 bits per heavy atom. The number of rotatable bonds is 9. The number of methoxy groups -OCH3 is 1. The zero-order valence-electron chi connectivity index (χ0n) is 20.1. The molecule has 196 valence electrons. The van der Waals surface area contributed by atoms with Gasteiger partial charge in [0.15, 0.2) is 21.5 Å². The third kappa shape index (κ3) is 6.27. The van der Waals surface area contributed by atoms with Gasteiger partial charge in [-0.15, -0.1) is 11.3 Å². The van der Waals surface area contributed by atoms with Gasteiger partial charge in [0.1, 0.15) is 11.6 Å². The van der Waals surface area contributed by atoms with Crippen LogP contribution in [0, 0.1) is 21.4 Å². The highest BCUT2D eigenvalue weighted by Crippen LogP contribution is 2.33. The maximum Gasteiger partial charge on any atom is 0.346 e. The van der Waals surface area contributed by atoms with Crippen LogP contribution in [0.2, 0.25) is 0 Å². The molecule has 1 amide bonds. The number of para-hydroxylation sites is 1. The lowest BCUT2D eigenvalue weighted by Crippen LogP contribution is -2.13. The molecule has 0 aliphatic carbocycles. The standard InChI is InChI=1S/C26H18N4O7S2/c1-36-23-14-17(11-12-22(23)37-39(34,35)24-10-6-5-9-21(24)30(32)33)13-19(15-27)25(31)29-26-28-20(16-38-26)18-7-3-2-4-8-18/h2-14,16H,1H3,(H,28,29,31). The van der Waals surface area contributed by atoms with Gasteiger partial charge in [0, 0.05) is 17.0 Å². The van der Waals surface area contributed by atoms with E-state index in [1.807, 2.05) is 36.4 Å². The molecular weight excluding hydrogens is 544 g/mol. The van der Waals surface area contributed by atoms with Crippen molar-refractivity contribution in [2.45, 2.75) is 4.90 Å². The summed E-state index contributed by atoms with van der Waals surface area (Å²) in [6.07, 6.45) is 1.28. The van der Waals surface area contributed by atoms with Crippen LogP contribution in [0.15, 0.2) is 88.6 Å². The van der Waals surface area contributed by atoms with Gasteiger partial charge in [-0.1, -0.05) is 48.5 Å². The molecule has 11 nitrogen and oxygen atoms in total. The summed E-state index contributed by atoms with van der Waals surface area (Å²) < 4.78 is 35.9. The molecule has 0 aliphatic heterocycles. The zero-order chi connectivity index (χ0) is 28.0. The van der Waals surface area contributed by atoms with E-state index in [9.17, 15) is 28.6 Å². The number of anilines is 1. The van der Waals surface area contributed by atoms with Crippen molar-refractivity contribution >= 4 is 44.3 Å². The molecule has 0 unspecified atom stereocenters. The van der Waals surface area contributed by atoms with Gasteiger partial charge < -0.3 is 8.92 Å². The lowest BCUT2D eigenvalue weighted by atomic mass is 10.1. The second kappa shape index (κ2) is 11.5. The number of nitriles is 1. The van der Waals surface area contributed by atoms with Crippen LogP contribution >= 0.6 is 11.3 Å². The molecule has 4 aromatic rings. The van der Waals surface area contributed by atoms with Crippen LogP contribution in [0.1, 0.15) is 5.56 Å². The highest BCUT2D eigenvalue weighted by atomic mass is 32.2. The van der Waals surface area contributed by atoms with Crippen molar-refractivity contribution in [1.82, 2.24) is 4.98 Å². The van der Waals surface area contributed by atoms with Crippen molar-refractivity contribution in [2.24, 2.45) is 0 Å². The molecule has 39 heavy (non-hydrogen) atoms. The van der Waals surface area contributed by atoms with E-state index in [2.05, 4.69) is 10.3 Å². The lowest BCUT2D eigenvalue weighted by molar-refractivity contribution is -0.387. The number of hydrogen-bond donors (Lipinski definition) is 1. The number of hydrogen-bond acceptors (Lipinski definition) is 10. The average molecular weight is 563 g/mol. The Kier molecular flexibility index (Phi) is 7.99. The molecule has 1 N–H and O–H groups in total. The number of ether oxygens (including phenoxy) is 1. The number of carbonyl (C=O) groups excluding carboxylic acids is 1. The van der Waals surface area contributed by atoms with E-state index in [0.717, 1.165) is 17.7 Å². The van der Waals surface area contributed by atoms with Crippen molar-refractivity contribution in [3.63, 3.8) is 0 Å². The molecule has 0 radical (unpaired) electrons. The third-order valence-corrected chi connectivity index (χ3v) is 7.23. The number of thiazole rings is 1. The molecule has 4 rings (SSSR count). The predicted molar refractivity (Wildman–Crippen MR) is 144 cm³/mol. The van der Waals surface area contributed by atoms with Gasteiger partial charge in [0.05, 0.1) is 17.7 Å². The summed E-state index contributed by atoms with van der Waals surface area (Å²) in [7, 11) is -3.33. The first kappa shape index (κ1) is 27.0. The van der Waals surface area contributed by atoms with Crippen LogP contribution in [0.3, 0.4) is 0 Å². The van der Waals surface area contributed by atoms with E-state index in [1.165, 1.54) is 54.9 Å². The molecule has 3 aromatic carbocycles. The minimum Gasteiger partial charge on any atom is -0.493 e. The fourth-order valence-corrected chi connectivity index (χ4v) is 5.20. The van der Waals surface area contributed by atoms with Gasteiger partial charge in [-0.25, -0.2) is 4.98 Å². The molecule has 0 spiro atoms. The SMILES string of the molecule is COc1cc(C=C(C#N)C(=O)Nc2nc(-c3ccccc3)cs2)ccc1OS(=O)(=O)c1ccccc1[N+](=O)[O-]. The smallest absolute Gasteiger partial charge is 0.346 e. The van der Waals surface area contributed by atoms with Crippen molar-refractivity contribution < 1.29 is 27.1 Å². The normalized spacial score (nSPS) is 11.3. The third-order valence-electron chi connectivity index (χ3n) is 5.19. The Morgan fingerprint density at radius 3 is 2.51 bits per heavy atom. The van der Waals surface area contributed by atoms with Crippen LogP contribution in [-0.4, -0.2) is 31.3 Å². The first-order valence-corrected chi connectivity index (χ1v) is 13.3. The van der Waals surface area contributed by atoms with Gasteiger partial charge in [-0.05, 0) is 29.8 Å². The Morgan fingerprint density at radius 1 is 1.10 bits per heavy atom. The largest absolute Gasteiger partial charge is 0.493 e. The summed E-state index contributed by atoms with van der Waals surface area (Å²) >= 11 is 1.21. The first-order chi connectivity index (χ1) is 18.7. The first-order valence-electron chi connectivity index (χ1n) is 11.0. The number of amides is 1. The Labute approximate surface area is 226 Å². The monoisotopic (exact) mass is 562 g/mol. The van der Waals surface area contributed by atoms with Crippen molar-refractivity contribution in [1.29, 1.82) is 5.26 Å². The molecular formula is C26H18N4O7S2. The van der Waals surface area contributed by atoms with Gasteiger partial charge in [-0.3, -0.25) is 20.2 Å². The van der Waals surface area contributed by atoms with E-state index in [0.29, 0.717) is 16.4 Å². The number of carbonyl (C=O) groups is 1. The number of benzene rings is 3. The molecule has 0 fully saturated rings. The minimum atomic E-state index is -4.59. The van der Waals surface area contributed by atoms with Crippen molar-refractivity contribution in [3.05, 3.63) is 99.4 Å². The predicted octanol–water partition coefficient (Wildman–Crippen LogP) is 5.04. The molecule has 1 heterocycles. The van der Waals surface area contributed by atoms with E-state index in [4.69, 9.17) is 8.92 Å². The second-order valence-corrected chi connectivity index (χ2v) is 10.1. The molecule has 0 aliphatic rings. The lowest BCUT2D eigenvalue weighted by Gasteiger charge is -2.11. The summed E-state index contributed by atoms with van der Waals surface area (Å²) in [5.74, 6) is -0.979. The van der Waals surface area contributed by atoms with Gasteiger partial charge in [0.2, 0.25) is 0 Å². The number of aromatic nitrogens is 1. The molecule has 0 bridgehead atoms. The summed E-state index contributed by atoms with van der Waals surface area (Å²) in [6.45, 7) is 0. The van der Waals surface area contributed by atoms with Crippen LogP contribution in [-0.2, 0) is 14.9 Å². The highest BCUT2D eigenvalue weighted by molar-refractivity contribution is 7.87. The van der Waals surface area contributed by atoms with Gasteiger partial charge in [-0.2, -0.15) is 13.7 Å². The Bertz CT molecular complexity index is 1730. The second-order valence-electron chi connectivity index (χ2n) is 7.70. The fourth-order valence-electron chi connectivity index (χ4n) is 3.38. The summed E-state index contributed by atoms with van der Waals surface area (Å²) in [5, 5.41) is 25.5. The molecule has 0 saturated heterocycles. The van der Waals surface area contributed by atoms with E-state index < -0.39 is 31.5 Å². The zero-order valence-corrected chi connectivity index (χ0v) is 21.7. The quantitative estimate of drug-likeness (QED) is 0.0968. The van der Waals surface area contributed by atoms with Crippen LogP contribution in [0.25, 0.3) is 17.3 Å². The fraction of sp³-hybridized carbons (Fsp3) is 0.0385. The van der Waals surface area contributed by atoms with Gasteiger partial charge in [0.25, 0.3) is 11.6 Å². The molecule has 1 aromatic heterocycles. The summed E-state index contributed by atoms with van der Waals surface area (Å²) in [6, 6.07) is 20.0. The van der Waals surface area contributed by atoms with E-state index in [1.54, 1.807) is 5.38 Å². The number of nitro groups is 1. The Hall–Kier alpha value is -5.06. The van der Waals surface area contributed by atoms with Crippen molar-refractivity contribution in [2.75, 3.05) is 12.4 Å². The van der Waals surface area contributed by atoms with Crippen LogP contribution in [0.5, 0.6) is 11.5 Å². The van der Waals surface area contributed by atoms with Crippen LogP contribution in [0.4, 0.5) is 10.8 Å². The Balaban J connectivity index is 1.55. The molecule has 13 heteroatoms. The highest BCUT2D eigenvalue weighted by Gasteiger charge is 2.28. The average Bonchev–Trinajstić information content (AvgIpc) is 3.41. The number of nitrogens with one attached hydrogen (secondary N) is 1. The number of nitrogens with zero attached hydrogens (tertiary/aromatic N) is 3. The van der Waals surface area contributed by atoms with Crippen molar-refractivity contribution in [3.8, 4) is 28.8 Å².